The molecule has 2 rings (SSSR count). The van der Waals surface area contributed by atoms with Crippen LogP contribution in [0.25, 0.3) is 0 Å². The second-order valence-electron chi connectivity index (χ2n) is 4.36. The number of carbonyl (C=O) groups is 1. The van der Waals surface area contributed by atoms with Crippen molar-refractivity contribution in [3.05, 3.63) is 58.0 Å². The lowest BCUT2D eigenvalue weighted by molar-refractivity contribution is 0.102. The summed E-state index contributed by atoms with van der Waals surface area (Å²) >= 11 is 0. The molecular weight excluding hydrogens is 242 g/mol. The van der Waals surface area contributed by atoms with Crippen LogP contribution >= 0.6 is 0 Å². The van der Waals surface area contributed by atoms with Gasteiger partial charge in [0, 0.05) is 24.9 Å². The minimum absolute atomic E-state index is 0.231. The van der Waals surface area contributed by atoms with E-state index in [2.05, 4.69) is 5.32 Å². The second-order valence-corrected chi connectivity index (χ2v) is 4.36. The zero-order valence-electron chi connectivity index (χ0n) is 10.8. The molecule has 19 heavy (non-hydrogen) atoms. The number of benzene rings is 1. The molecule has 1 amide bonds. The molecule has 5 heteroatoms. The molecule has 2 aromatic rings. The molecule has 0 saturated heterocycles. The van der Waals surface area contributed by atoms with E-state index in [0.29, 0.717) is 16.9 Å². The number of nitrogens with two attached hydrogens (primary N) is 1. The number of aromatic nitrogens is 1. The summed E-state index contributed by atoms with van der Waals surface area (Å²) in [7, 11) is 1.63. The normalized spacial score (nSPS) is 10.2. The maximum absolute atomic E-state index is 12.1. The highest BCUT2D eigenvalue weighted by Crippen LogP contribution is 2.22. The molecule has 98 valence electrons. The molecular formula is C14H15N3O2. The standard InChI is InChI=1S/C14H15N3O2/c1-9-4-3-5-11(15)13(9)16-14(19)10-6-7-17(2)12(18)8-10/h3-8H,15H2,1-2H3,(H,16,19). The zero-order valence-corrected chi connectivity index (χ0v) is 10.8. The number of para-hydroxylation sites is 1. The number of amides is 1. The van der Waals surface area contributed by atoms with Crippen molar-refractivity contribution < 1.29 is 4.79 Å². The molecule has 1 aromatic carbocycles. The van der Waals surface area contributed by atoms with Crippen molar-refractivity contribution in [3.63, 3.8) is 0 Å². The van der Waals surface area contributed by atoms with E-state index in [1.54, 1.807) is 25.4 Å². The van der Waals surface area contributed by atoms with Crippen molar-refractivity contribution in [1.82, 2.24) is 4.57 Å². The molecule has 0 fully saturated rings. The summed E-state index contributed by atoms with van der Waals surface area (Å²) < 4.78 is 1.40. The predicted octanol–water partition coefficient (Wildman–Crippen LogP) is 1.53. The molecule has 0 radical (unpaired) electrons. The zero-order chi connectivity index (χ0) is 14.0. The Balaban J connectivity index is 2.31. The van der Waals surface area contributed by atoms with Crippen molar-refractivity contribution in [1.29, 1.82) is 0 Å². The Bertz CT molecular complexity index is 669. The summed E-state index contributed by atoms with van der Waals surface area (Å²) in [4.78, 5) is 23.6. The average molecular weight is 257 g/mol. The largest absolute Gasteiger partial charge is 0.397 e. The van der Waals surface area contributed by atoms with E-state index < -0.39 is 0 Å². The summed E-state index contributed by atoms with van der Waals surface area (Å²) in [5, 5.41) is 2.73. The smallest absolute Gasteiger partial charge is 0.255 e. The van der Waals surface area contributed by atoms with Gasteiger partial charge in [0.1, 0.15) is 0 Å². The first-order valence-corrected chi connectivity index (χ1v) is 5.82. The molecule has 0 aliphatic heterocycles. The van der Waals surface area contributed by atoms with Crippen LogP contribution in [0, 0.1) is 6.92 Å². The molecule has 0 spiro atoms. The van der Waals surface area contributed by atoms with Gasteiger partial charge in [0.15, 0.2) is 0 Å². The highest BCUT2D eigenvalue weighted by molar-refractivity contribution is 6.06. The predicted molar refractivity (Wildman–Crippen MR) is 75.2 cm³/mol. The number of rotatable bonds is 2. The maximum Gasteiger partial charge on any atom is 0.255 e. The quantitative estimate of drug-likeness (QED) is 0.801. The summed E-state index contributed by atoms with van der Waals surface area (Å²) in [5.41, 5.74) is 7.85. The van der Waals surface area contributed by atoms with Gasteiger partial charge in [-0.2, -0.15) is 0 Å². The SMILES string of the molecule is Cc1cccc(N)c1NC(=O)c1ccn(C)c(=O)c1. The summed E-state index contributed by atoms with van der Waals surface area (Å²) in [6.45, 7) is 1.86. The number of nitrogens with zero attached hydrogens (tertiary/aromatic N) is 1. The third kappa shape index (κ3) is 2.65. The van der Waals surface area contributed by atoms with Gasteiger partial charge in [-0.25, -0.2) is 0 Å². The van der Waals surface area contributed by atoms with Gasteiger partial charge in [0.2, 0.25) is 0 Å². The van der Waals surface area contributed by atoms with Gasteiger partial charge < -0.3 is 15.6 Å². The molecule has 0 bridgehead atoms. The van der Waals surface area contributed by atoms with Gasteiger partial charge in [0.05, 0.1) is 11.4 Å². The Labute approximate surface area is 110 Å². The number of carbonyl (C=O) groups excluding carboxylic acids is 1. The van der Waals surface area contributed by atoms with Crippen LogP contribution in [-0.2, 0) is 7.05 Å². The minimum atomic E-state index is -0.348. The fraction of sp³-hybridized carbons (Fsp3) is 0.143. The van der Waals surface area contributed by atoms with Gasteiger partial charge in [-0.15, -0.1) is 0 Å². The Morgan fingerprint density at radius 1 is 1.32 bits per heavy atom. The van der Waals surface area contributed by atoms with E-state index in [1.807, 2.05) is 19.1 Å². The Kier molecular flexibility index (Phi) is 3.37. The van der Waals surface area contributed by atoms with Crippen molar-refractivity contribution in [3.8, 4) is 0 Å². The number of pyridine rings is 1. The molecule has 0 saturated carbocycles. The molecule has 5 nitrogen and oxygen atoms in total. The molecule has 1 aromatic heterocycles. The second kappa shape index (κ2) is 4.97. The lowest BCUT2D eigenvalue weighted by Crippen LogP contribution is -2.20. The lowest BCUT2D eigenvalue weighted by Gasteiger charge is -2.11. The molecule has 0 unspecified atom stereocenters. The fourth-order valence-corrected chi connectivity index (χ4v) is 1.74. The van der Waals surface area contributed by atoms with Crippen molar-refractivity contribution in [2.24, 2.45) is 7.05 Å². The third-order valence-electron chi connectivity index (χ3n) is 2.91. The van der Waals surface area contributed by atoms with Crippen LogP contribution in [0.15, 0.2) is 41.3 Å². The minimum Gasteiger partial charge on any atom is -0.397 e. The van der Waals surface area contributed by atoms with Gasteiger partial charge in [-0.3, -0.25) is 9.59 Å². The Morgan fingerprint density at radius 3 is 2.68 bits per heavy atom. The monoisotopic (exact) mass is 257 g/mol. The van der Waals surface area contributed by atoms with E-state index in [1.165, 1.54) is 10.6 Å². The van der Waals surface area contributed by atoms with E-state index in [0.717, 1.165) is 5.56 Å². The molecule has 3 N–H and O–H groups in total. The number of nitrogen functional groups attached to an aromatic ring is 1. The molecule has 0 aliphatic rings. The Morgan fingerprint density at radius 2 is 2.05 bits per heavy atom. The van der Waals surface area contributed by atoms with Crippen LogP contribution in [0.1, 0.15) is 15.9 Å². The number of anilines is 2. The fourth-order valence-electron chi connectivity index (χ4n) is 1.74. The van der Waals surface area contributed by atoms with Gasteiger partial charge in [-0.05, 0) is 24.6 Å². The third-order valence-corrected chi connectivity index (χ3v) is 2.91. The van der Waals surface area contributed by atoms with Crippen LogP contribution in [0.3, 0.4) is 0 Å². The van der Waals surface area contributed by atoms with E-state index in [-0.39, 0.29) is 11.5 Å². The first-order valence-electron chi connectivity index (χ1n) is 5.82. The highest BCUT2D eigenvalue weighted by Gasteiger charge is 2.10. The summed E-state index contributed by atoms with van der Waals surface area (Å²) in [6.07, 6.45) is 1.55. The maximum atomic E-state index is 12.1. The van der Waals surface area contributed by atoms with Crippen LogP contribution < -0.4 is 16.6 Å². The van der Waals surface area contributed by atoms with E-state index in [4.69, 9.17) is 5.73 Å². The van der Waals surface area contributed by atoms with Gasteiger partial charge in [-0.1, -0.05) is 12.1 Å². The van der Waals surface area contributed by atoms with Crippen molar-refractivity contribution in [2.75, 3.05) is 11.1 Å². The van der Waals surface area contributed by atoms with Crippen LogP contribution in [0.4, 0.5) is 11.4 Å². The van der Waals surface area contributed by atoms with E-state index >= 15 is 0 Å². The highest BCUT2D eigenvalue weighted by atomic mass is 16.2. The van der Waals surface area contributed by atoms with Crippen LogP contribution in [0.2, 0.25) is 0 Å². The number of hydrogen-bond acceptors (Lipinski definition) is 3. The number of aryl methyl sites for hydroxylation is 2. The molecule has 0 atom stereocenters. The van der Waals surface area contributed by atoms with Crippen LogP contribution in [0.5, 0.6) is 0 Å². The van der Waals surface area contributed by atoms with E-state index in [9.17, 15) is 9.59 Å². The molecule has 0 aliphatic carbocycles. The van der Waals surface area contributed by atoms with Gasteiger partial charge >= 0.3 is 0 Å². The Hall–Kier alpha value is -2.56. The first-order chi connectivity index (χ1) is 8.99. The topological polar surface area (TPSA) is 77.1 Å². The number of hydrogen-bond donors (Lipinski definition) is 2. The summed E-state index contributed by atoms with van der Waals surface area (Å²) in [6, 6.07) is 8.27. The van der Waals surface area contributed by atoms with Crippen LogP contribution in [-0.4, -0.2) is 10.5 Å². The number of nitrogens with one attached hydrogen (secondary N) is 1. The van der Waals surface area contributed by atoms with Crippen molar-refractivity contribution in [2.45, 2.75) is 6.92 Å². The lowest BCUT2D eigenvalue weighted by atomic mass is 10.1. The average Bonchev–Trinajstić information content (AvgIpc) is 2.37. The molecule has 1 heterocycles. The first kappa shape index (κ1) is 12.9. The van der Waals surface area contributed by atoms with Gasteiger partial charge in [0.25, 0.3) is 11.5 Å². The van der Waals surface area contributed by atoms with Crippen molar-refractivity contribution >= 4 is 17.3 Å². The summed E-state index contributed by atoms with van der Waals surface area (Å²) in [5.74, 6) is -0.348.